The highest BCUT2D eigenvalue weighted by Gasteiger charge is 2.08. The lowest BCUT2D eigenvalue weighted by Gasteiger charge is -2.18. The van der Waals surface area contributed by atoms with Gasteiger partial charge in [-0.15, -0.1) is 0 Å². The minimum atomic E-state index is 0.603. The van der Waals surface area contributed by atoms with Crippen molar-refractivity contribution in [1.82, 2.24) is 5.32 Å². The van der Waals surface area contributed by atoms with Gasteiger partial charge < -0.3 is 5.32 Å². The average molecular weight is 251 g/mol. The van der Waals surface area contributed by atoms with Crippen molar-refractivity contribution >= 4 is 11.8 Å². The summed E-state index contributed by atoms with van der Waals surface area (Å²) in [5.74, 6) is 3.26. The second-order valence-corrected chi connectivity index (χ2v) is 5.95. The first-order valence-electron chi connectivity index (χ1n) is 6.57. The number of rotatable bonds is 8. The Kier molecular flexibility index (Phi) is 7.38. The zero-order chi connectivity index (χ0) is 12.5. The number of thioether (sulfide) groups is 1. The summed E-state index contributed by atoms with van der Waals surface area (Å²) >= 11 is 2.07. The highest BCUT2D eigenvalue weighted by atomic mass is 32.2. The van der Waals surface area contributed by atoms with Crippen LogP contribution in [0.4, 0.5) is 0 Å². The van der Waals surface area contributed by atoms with Crippen molar-refractivity contribution in [3.8, 4) is 0 Å². The third-order valence-electron chi connectivity index (χ3n) is 2.59. The summed E-state index contributed by atoms with van der Waals surface area (Å²) < 4.78 is 0. The molecule has 0 amide bonds. The molecule has 0 aliphatic rings. The number of nitrogens with one attached hydrogen (secondary N) is 1. The van der Waals surface area contributed by atoms with Crippen LogP contribution in [0.15, 0.2) is 30.3 Å². The van der Waals surface area contributed by atoms with Gasteiger partial charge in [-0.05, 0) is 30.2 Å². The van der Waals surface area contributed by atoms with E-state index in [1.165, 1.54) is 17.1 Å². The van der Waals surface area contributed by atoms with Gasteiger partial charge in [0.15, 0.2) is 0 Å². The molecule has 0 aliphatic heterocycles. The fourth-order valence-electron chi connectivity index (χ4n) is 1.82. The highest BCUT2D eigenvalue weighted by Crippen LogP contribution is 2.12. The average Bonchev–Trinajstić information content (AvgIpc) is 2.30. The Bertz CT molecular complexity index is 284. The summed E-state index contributed by atoms with van der Waals surface area (Å²) in [4.78, 5) is 0. The van der Waals surface area contributed by atoms with Crippen LogP contribution in [-0.2, 0) is 6.42 Å². The van der Waals surface area contributed by atoms with E-state index >= 15 is 0 Å². The first-order chi connectivity index (χ1) is 8.22. The molecule has 0 spiro atoms. The molecule has 0 aliphatic carbocycles. The van der Waals surface area contributed by atoms with E-state index in [9.17, 15) is 0 Å². The van der Waals surface area contributed by atoms with E-state index < -0.39 is 0 Å². The van der Waals surface area contributed by atoms with Crippen LogP contribution in [0.5, 0.6) is 0 Å². The maximum Gasteiger partial charge on any atom is 0.0198 e. The van der Waals surface area contributed by atoms with E-state index in [1.807, 2.05) is 0 Å². The fraction of sp³-hybridized carbons (Fsp3) is 0.600. The number of likely N-dealkylation sites (N-methyl/N-ethyl adjacent to an activating group) is 1. The smallest absolute Gasteiger partial charge is 0.0198 e. The topological polar surface area (TPSA) is 12.0 Å². The molecule has 1 aromatic rings. The maximum absolute atomic E-state index is 3.58. The van der Waals surface area contributed by atoms with Crippen LogP contribution in [0.25, 0.3) is 0 Å². The van der Waals surface area contributed by atoms with Gasteiger partial charge in [0.1, 0.15) is 0 Å². The summed E-state index contributed by atoms with van der Waals surface area (Å²) in [6.45, 7) is 7.81. The zero-order valence-electron chi connectivity index (χ0n) is 11.3. The van der Waals surface area contributed by atoms with E-state index in [4.69, 9.17) is 0 Å². The molecule has 1 rings (SSSR count). The van der Waals surface area contributed by atoms with Gasteiger partial charge in [-0.25, -0.2) is 0 Å². The van der Waals surface area contributed by atoms with E-state index in [-0.39, 0.29) is 0 Å². The van der Waals surface area contributed by atoms with Crippen molar-refractivity contribution in [2.75, 3.05) is 18.1 Å². The zero-order valence-corrected chi connectivity index (χ0v) is 12.1. The molecule has 1 nitrogen and oxygen atoms in total. The monoisotopic (exact) mass is 251 g/mol. The van der Waals surface area contributed by atoms with Crippen molar-refractivity contribution in [2.45, 2.75) is 33.2 Å². The standard InChI is InChI=1S/C15H25NS/c1-4-16-15(12-17-11-13(2)3)10-14-8-6-5-7-9-14/h5-9,13,15-16H,4,10-12H2,1-3H3. The molecule has 0 aromatic heterocycles. The van der Waals surface area contributed by atoms with Crippen molar-refractivity contribution in [1.29, 1.82) is 0 Å². The molecule has 96 valence electrons. The molecule has 1 aromatic carbocycles. The summed E-state index contributed by atoms with van der Waals surface area (Å²) in [5.41, 5.74) is 1.43. The minimum Gasteiger partial charge on any atom is -0.313 e. The van der Waals surface area contributed by atoms with Crippen molar-refractivity contribution in [3.05, 3.63) is 35.9 Å². The third-order valence-corrected chi connectivity index (χ3v) is 4.13. The van der Waals surface area contributed by atoms with Crippen LogP contribution in [0.2, 0.25) is 0 Å². The molecule has 2 heteroatoms. The summed E-state index contributed by atoms with van der Waals surface area (Å²) in [6, 6.07) is 11.4. The van der Waals surface area contributed by atoms with Gasteiger partial charge in [0.05, 0.1) is 0 Å². The fourth-order valence-corrected chi connectivity index (χ4v) is 2.95. The quantitative estimate of drug-likeness (QED) is 0.757. The summed E-state index contributed by atoms with van der Waals surface area (Å²) in [6.07, 6.45) is 1.14. The van der Waals surface area contributed by atoms with Gasteiger partial charge in [-0.1, -0.05) is 51.1 Å². The normalized spacial score (nSPS) is 12.9. The van der Waals surface area contributed by atoms with E-state index in [1.54, 1.807) is 0 Å². The Hall–Kier alpha value is -0.470. The number of benzene rings is 1. The molecule has 0 bridgehead atoms. The van der Waals surface area contributed by atoms with Crippen LogP contribution >= 0.6 is 11.8 Å². The molecule has 0 saturated carbocycles. The van der Waals surface area contributed by atoms with Gasteiger partial charge in [-0.2, -0.15) is 11.8 Å². The van der Waals surface area contributed by atoms with E-state index in [2.05, 4.69) is 68.2 Å². The van der Waals surface area contributed by atoms with Gasteiger partial charge >= 0.3 is 0 Å². The molecule has 1 atom stereocenters. The Balaban J connectivity index is 2.37. The molecular weight excluding hydrogens is 226 g/mol. The third kappa shape index (κ3) is 6.75. The van der Waals surface area contributed by atoms with Crippen LogP contribution in [0, 0.1) is 5.92 Å². The van der Waals surface area contributed by atoms with Crippen molar-refractivity contribution < 1.29 is 0 Å². The molecule has 1 unspecified atom stereocenters. The predicted molar refractivity (Wildman–Crippen MR) is 79.8 cm³/mol. The minimum absolute atomic E-state index is 0.603. The number of hydrogen-bond donors (Lipinski definition) is 1. The molecule has 0 fully saturated rings. The lowest BCUT2D eigenvalue weighted by Crippen LogP contribution is -2.33. The second-order valence-electron chi connectivity index (χ2n) is 4.88. The largest absolute Gasteiger partial charge is 0.313 e. The van der Waals surface area contributed by atoms with Crippen molar-refractivity contribution in [3.63, 3.8) is 0 Å². The van der Waals surface area contributed by atoms with Crippen LogP contribution < -0.4 is 5.32 Å². The van der Waals surface area contributed by atoms with Crippen LogP contribution in [-0.4, -0.2) is 24.1 Å². The number of hydrogen-bond acceptors (Lipinski definition) is 2. The first-order valence-corrected chi connectivity index (χ1v) is 7.73. The molecule has 0 heterocycles. The van der Waals surface area contributed by atoms with Gasteiger partial charge in [-0.3, -0.25) is 0 Å². The Morgan fingerprint density at radius 3 is 2.41 bits per heavy atom. The lowest BCUT2D eigenvalue weighted by atomic mass is 10.1. The van der Waals surface area contributed by atoms with Crippen LogP contribution in [0.1, 0.15) is 26.3 Å². The van der Waals surface area contributed by atoms with E-state index in [0.717, 1.165) is 18.9 Å². The van der Waals surface area contributed by atoms with Crippen molar-refractivity contribution in [2.24, 2.45) is 5.92 Å². The van der Waals surface area contributed by atoms with Crippen LogP contribution in [0.3, 0.4) is 0 Å². The lowest BCUT2D eigenvalue weighted by molar-refractivity contribution is 0.572. The molecule has 17 heavy (non-hydrogen) atoms. The molecule has 0 radical (unpaired) electrons. The molecule has 0 saturated heterocycles. The second kappa shape index (κ2) is 8.60. The van der Waals surface area contributed by atoms with Gasteiger partial charge in [0.25, 0.3) is 0 Å². The summed E-state index contributed by atoms with van der Waals surface area (Å²) in [7, 11) is 0. The molecular formula is C15H25NS. The maximum atomic E-state index is 3.58. The Morgan fingerprint density at radius 2 is 1.82 bits per heavy atom. The van der Waals surface area contributed by atoms with Gasteiger partial charge in [0.2, 0.25) is 0 Å². The van der Waals surface area contributed by atoms with E-state index in [0.29, 0.717) is 6.04 Å². The SMILES string of the molecule is CCNC(CSCC(C)C)Cc1ccccc1. The highest BCUT2D eigenvalue weighted by molar-refractivity contribution is 7.99. The predicted octanol–water partition coefficient (Wildman–Crippen LogP) is 3.60. The Morgan fingerprint density at radius 1 is 1.12 bits per heavy atom. The first kappa shape index (κ1) is 14.6. The molecule has 1 N–H and O–H groups in total. The van der Waals surface area contributed by atoms with Gasteiger partial charge in [0, 0.05) is 11.8 Å². The summed E-state index contributed by atoms with van der Waals surface area (Å²) in [5, 5.41) is 3.58. The Labute approximate surface area is 110 Å².